The lowest BCUT2D eigenvalue weighted by Crippen LogP contribution is -2.08. The summed E-state index contributed by atoms with van der Waals surface area (Å²) in [5, 5.41) is 8.93. The van der Waals surface area contributed by atoms with E-state index in [4.69, 9.17) is 17.3 Å². The van der Waals surface area contributed by atoms with Crippen LogP contribution in [0.3, 0.4) is 0 Å². The molecule has 0 fully saturated rings. The Bertz CT molecular complexity index is 831. The predicted octanol–water partition coefficient (Wildman–Crippen LogP) is 3.55. The molecule has 0 bridgehead atoms. The summed E-state index contributed by atoms with van der Waals surface area (Å²) < 4.78 is 30.6. The SMILES string of the molecule is O=C(O)Cc1[nH]c(=S)n2c1CC(c1c(F)ccc(Br)c1F)C2. The first-order chi connectivity index (χ1) is 10.4. The Morgan fingerprint density at radius 3 is 2.91 bits per heavy atom. The van der Waals surface area contributed by atoms with Gasteiger partial charge >= 0.3 is 5.97 Å². The average molecular weight is 389 g/mol. The number of fused-ring (bicyclic) bond motifs is 1. The van der Waals surface area contributed by atoms with E-state index >= 15 is 0 Å². The van der Waals surface area contributed by atoms with E-state index in [1.807, 2.05) is 0 Å². The molecular weight excluding hydrogens is 378 g/mol. The number of hydrogen-bond acceptors (Lipinski definition) is 2. The fourth-order valence-electron chi connectivity index (χ4n) is 2.91. The number of hydrogen-bond donors (Lipinski definition) is 2. The Hall–Kier alpha value is -1.54. The number of H-pyrrole nitrogens is 1. The Morgan fingerprint density at radius 2 is 2.23 bits per heavy atom. The number of benzene rings is 1. The van der Waals surface area contributed by atoms with Gasteiger partial charge in [-0.1, -0.05) is 0 Å². The molecule has 0 saturated carbocycles. The molecule has 0 amide bonds. The van der Waals surface area contributed by atoms with Crippen molar-refractivity contribution in [3.8, 4) is 0 Å². The number of carboxylic acid groups (broad SMARTS) is 1. The van der Waals surface area contributed by atoms with E-state index in [2.05, 4.69) is 20.9 Å². The molecular formula is C14H11BrF2N2O2S. The van der Waals surface area contributed by atoms with Gasteiger partial charge in [-0.2, -0.15) is 0 Å². The lowest BCUT2D eigenvalue weighted by atomic mass is 9.95. The van der Waals surface area contributed by atoms with Crippen molar-refractivity contribution in [2.45, 2.75) is 25.3 Å². The van der Waals surface area contributed by atoms with Crippen LogP contribution in [0.5, 0.6) is 0 Å². The van der Waals surface area contributed by atoms with Crippen molar-refractivity contribution < 1.29 is 18.7 Å². The van der Waals surface area contributed by atoms with Crippen LogP contribution in [0, 0.1) is 16.4 Å². The maximum atomic E-state index is 14.2. The van der Waals surface area contributed by atoms with Gasteiger partial charge in [-0.3, -0.25) is 4.79 Å². The first-order valence-corrected chi connectivity index (χ1v) is 7.74. The number of aromatic nitrogens is 2. The average Bonchev–Trinajstić information content (AvgIpc) is 2.97. The quantitative estimate of drug-likeness (QED) is 0.624. The van der Waals surface area contributed by atoms with Gasteiger partial charge in [0.15, 0.2) is 4.77 Å². The van der Waals surface area contributed by atoms with E-state index < -0.39 is 23.5 Å². The standard InChI is InChI=1S/C14H11BrF2N2O2S/c15-7-1-2-8(16)12(13(7)17)6-3-10-9(4-11(20)21)18-14(22)19(10)5-6/h1-2,6H,3-5H2,(H,18,22)(H,20,21). The van der Waals surface area contributed by atoms with Gasteiger partial charge in [0, 0.05) is 29.4 Å². The minimum atomic E-state index is -0.983. The van der Waals surface area contributed by atoms with Gasteiger partial charge in [0.1, 0.15) is 11.6 Å². The Balaban J connectivity index is 2.01. The molecule has 0 spiro atoms. The summed E-state index contributed by atoms with van der Waals surface area (Å²) in [6.07, 6.45) is 0.155. The molecule has 2 heterocycles. The highest BCUT2D eigenvalue weighted by molar-refractivity contribution is 9.10. The van der Waals surface area contributed by atoms with Crippen molar-refractivity contribution >= 4 is 34.1 Å². The number of imidazole rings is 1. The summed E-state index contributed by atoms with van der Waals surface area (Å²) in [6.45, 7) is 0.328. The zero-order valence-corrected chi connectivity index (χ0v) is 13.6. The van der Waals surface area contributed by atoms with E-state index in [0.717, 1.165) is 0 Å². The molecule has 4 nitrogen and oxygen atoms in total. The molecule has 3 rings (SSSR count). The molecule has 1 aliphatic rings. The molecule has 2 N–H and O–H groups in total. The van der Waals surface area contributed by atoms with Crippen LogP contribution in [0.25, 0.3) is 0 Å². The zero-order chi connectivity index (χ0) is 16.0. The van der Waals surface area contributed by atoms with Gasteiger partial charge in [0.05, 0.1) is 10.9 Å². The minimum absolute atomic E-state index is 0.00810. The molecule has 1 aromatic carbocycles. The molecule has 1 aromatic heterocycles. The highest BCUT2D eigenvalue weighted by Gasteiger charge is 2.31. The van der Waals surface area contributed by atoms with Crippen molar-refractivity contribution in [3.05, 3.63) is 50.0 Å². The van der Waals surface area contributed by atoms with Crippen LogP contribution in [0.4, 0.5) is 8.78 Å². The Labute approximate surface area is 137 Å². The van der Waals surface area contributed by atoms with E-state index in [0.29, 0.717) is 29.1 Å². The lowest BCUT2D eigenvalue weighted by molar-refractivity contribution is -0.136. The zero-order valence-electron chi connectivity index (χ0n) is 11.2. The number of halogens is 3. The third kappa shape index (κ3) is 2.50. The van der Waals surface area contributed by atoms with Crippen LogP contribution in [-0.2, 0) is 24.2 Å². The summed E-state index contributed by atoms with van der Waals surface area (Å²) in [4.78, 5) is 13.8. The molecule has 0 radical (unpaired) electrons. The van der Waals surface area contributed by atoms with Crippen molar-refractivity contribution in [3.63, 3.8) is 0 Å². The molecule has 8 heteroatoms. The molecule has 0 aliphatic carbocycles. The largest absolute Gasteiger partial charge is 0.481 e. The van der Waals surface area contributed by atoms with Crippen LogP contribution in [0.1, 0.15) is 22.9 Å². The van der Waals surface area contributed by atoms with E-state index in [-0.39, 0.29) is 16.5 Å². The maximum Gasteiger partial charge on any atom is 0.309 e. The number of carbonyl (C=O) groups is 1. The number of carboxylic acids is 1. The summed E-state index contributed by atoms with van der Waals surface area (Å²) >= 11 is 8.23. The predicted molar refractivity (Wildman–Crippen MR) is 81.5 cm³/mol. The molecule has 22 heavy (non-hydrogen) atoms. The molecule has 2 aromatic rings. The van der Waals surface area contributed by atoms with Crippen molar-refractivity contribution in [2.24, 2.45) is 0 Å². The van der Waals surface area contributed by atoms with Crippen LogP contribution < -0.4 is 0 Å². The van der Waals surface area contributed by atoms with Gasteiger partial charge in [-0.15, -0.1) is 0 Å². The van der Waals surface area contributed by atoms with Crippen LogP contribution in [0.2, 0.25) is 0 Å². The van der Waals surface area contributed by atoms with Crippen molar-refractivity contribution in [1.29, 1.82) is 0 Å². The second kappa shape index (κ2) is 5.58. The van der Waals surface area contributed by atoms with E-state index in [9.17, 15) is 13.6 Å². The van der Waals surface area contributed by atoms with Crippen LogP contribution >= 0.6 is 28.1 Å². The molecule has 1 aliphatic heterocycles. The fraction of sp³-hybridized carbons (Fsp3) is 0.286. The van der Waals surface area contributed by atoms with Crippen LogP contribution in [-0.4, -0.2) is 20.6 Å². The molecule has 116 valence electrons. The monoisotopic (exact) mass is 388 g/mol. The van der Waals surface area contributed by atoms with E-state index in [1.165, 1.54) is 12.1 Å². The van der Waals surface area contributed by atoms with Gasteiger partial charge in [0.25, 0.3) is 0 Å². The number of nitrogens with zero attached hydrogens (tertiary/aromatic N) is 1. The fourth-order valence-corrected chi connectivity index (χ4v) is 3.56. The number of aliphatic carboxylic acids is 1. The maximum absolute atomic E-state index is 14.2. The van der Waals surface area contributed by atoms with Gasteiger partial charge in [0.2, 0.25) is 0 Å². The summed E-state index contributed by atoms with van der Waals surface area (Å²) in [5.74, 6) is -2.61. The molecule has 1 atom stereocenters. The third-order valence-electron chi connectivity index (χ3n) is 3.84. The topological polar surface area (TPSA) is 58.0 Å². The van der Waals surface area contributed by atoms with E-state index in [1.54, 1.807) is 4.57 Å². The normalized spacial score (nSPS) is 16.8. The smallest absolute Gasteiger partial charge is 0.309 e. The van der Waals surface area contributed by atoms with Gasteiger partial charge in [-0.05, 0) is 46.7 Å². The summed E-state index contributed by atoms with van der Waals surface area (Å²) in [6, 6.07) is 2.54. The van der Waals surface area contributed by atoms with Crippen LogP contribution in [0.15, 0.2) is 16.6 Å². The van der Waals surface area contributed by atoms with Gasteiger partial charge in [-0.25, -0.2) is 8.78 Å². The van der Waals surface area contributed by atoms with Crippen molar-refractivity contribution in [2.75, 3.05) is 0 Å². The first-order valence-electron chi connectivity index (χ1n) is 6.54. The molecule has 1 unspecified atom stereocenters. The Morgan fingerprint density at radius 1 is 1.50 bits per heavy atom. The minimum Gasteiger partial charge on any atom is -0.481 e. The second-order valence-electron chi connectivity index (χ2n) is 5.19. The number of aromatic amines is 1. The highest BCUT2D eigenvalue weighted by Crippen LogP contribution is 2.36. The summed E-state index contributed by atoms with van der Waals surface area (Å²) in [7, 11) is 0. The molecule has 0 saturated heterocycles. The van der Waals surface area contributed by atoms with Crippen molar-refractivity contribution in [1.82, 2.24) is 9.55 Å². The second-order valence-corrected chi connectivity index (χ2v) is 6.44. The highest BCUT2D eigenvalue weighted by atomic mass is 79.9. The first kappa shape index (κ1) is 15.4. The number of nitrogens with one attached hydrogen (secondary N) is 1. The lowest BCUT2D eigenvalue weighted by Gasteiger charge is -2.13. The van der Waals surface area contributed by atoms with Gasteiger partial charge < -0.3 is 14.7 Å². The Kier molecular flexibility index (Phi) is 3.90. The number of rotatable bonds is 3. The summed E-state index contributed by atoms with van der Waals surface area (Å²) in [5.41, 5.74) is 1.21. The third-order valence-corrected chi connectivity index (χ3v) is 4.77.